The highest BCUT2D eigenvalue weighted by Crippen LogP contribution is 2.32. The van der Waals surface area contributed by atoms with Crippen molar-refractivity contribution in [2.24, 2.45) is 7.05 Å². The second kappa shape index (κ2) is 28.4. The summed E-state index contributed by atoms with van der Waals surface area (Å²) in [5.74, 6) is 1.96. The minimum absolute atomic E-state index is 0.0190. The number of hydrogen-bond donors (Lipinski definition) is 1. The fraction of sp³-hybridized carbons (Fsp3) is 0.462. The van der Waals surface area contributed by atoms with E-state index in [1.165, 1.54) is 11.2 Å². The van der Waals surface area contributed by atoms with Gasteiger partial charge in [-0.3, -0.25) is 24.2 Å². The molecule has 4 aromatic carbocycles. The highest BCUT2D eigenvalue weighted by Gasteiger charge is 2.21. The van der Waals surface area contributed by atoms with Crippen LogP contribution in [-0.4, -0.2) is 149 Å². The fourth-order valence-corrected chi connectivity index (χ4v) is 9.06. The number of hydrogen-bond acceptors (Lipinski definition) is 12. The maximum Gasteiger partial charge on any atom is 0.234 e. The van der Waals surface area contributed by atoms with E-state index < -0.39 is 0 Å². The molecule has 0 bridgehead atoms. The van der Waals surface area contributed by atoms with Crippen molar-refractivity contribution >= 4 is 63.9 Å². The summed E-state index contributed by atoms with van der Waals surface area (Å²) in [6, 6.07) is 24.3. The number of ketones is 2. The smallest absolute Gasteiger partial charge is 0.234 e. The third-order valence-electron chi connectivity index (χ3n) is 12.0. The zero-order chi connectivity index (χ0) is 49.8. The zero-order valence-electron chi connectivity index (χ0n) is 40.4. The molecule has 2 fully saturated rings. The van der Waals surface area contributed by atoms with Gasteiger partial charge in [0, 0.05) is 85.1 Å². The topological polar surface area (TPSA) is 138 Å². The van der Waals surface area contributed by atoms with Crippen LogP contribution in [0.1, 0.15) is 90.0 Å². The molecule has 1 amide bonds. The Morgan fingerprint density at radius 3 is 1.53 bits per heavy atom. The van der Waals surface area contributed by atoms with Crippen LogP contribution >= 0.6 is 46.4 Å². The molecule has 1 N–H and O–H groups in total. The van der Waals surface area contributed by atoms with E-state index in [1.54, 1.807) is 67.7 Å². The summed E-state index contributed by atoms with van der Waals surface area (Å²) in [5, 5.41) is 16.9. The summed E-state index contributed by atoms with van der Waals surface area (Å²) in [7, 11) is 1.79. The predicted octanol–water partition coefficient (Wildman–Crippen LogP) is 9.03. The lowest BCUT2D eigenvalue weighted by Gasteiger charge is -2.34. The highest BCUT2D eigenvalue weighted by atomic mass is 35.5. The van der Waals surface area contributed by atoms with Crippen molar-refractivity contribution in [2.75, 3.05) is 85.2 Å². The Morgan fingerprint density at radius 1 is 0.586 bits per heavy atom. The largest absolute Gasteiger partial charge is 0.494 e. The number of tetrazole rings is 1. The molecule has 5 aromatic rings. The van der Waals surface area contributed by atoms with Gasteiger partial charge >= 0.3 is 0 Å². The molecule has 0 saturated carbocycles. The Hall–Kier alpha value is -4.64. The monoisotopic (exact) mass is 1040 g/mol. The Morgan fingerprint density at radius 2 is 1.04 bits per heavy atom. The van der Waals surface area contributed by atoms with E-state index in [0.29, 0.717) is 52.2 Å². The first-order chi connectivity index (χ1) is 33.8. The number of carbonyl (C=O) groups is 3. The summed E-state index contributed by atoms with van der Waals surface area (Å²) in [5.41, 5.74) is 1.99. The summed E-state index contributed by atoms with van der Waals surface area (Å²) in [6.45, 7) is 16.7. The molecule has 376 valence electrons. The Balaban J connectivity index is 0.000000230. The van der Waals surface area contributed by atoms with Crippen molar-refractivity contribution in [1.82, 2.24) is 45.1 Å². The Bertz CT molecular complexity index is 2380. The number of nitrogens with one attached hydrogen (secondary N) is 1. The van der Waals surface area contributed by atoms with Crippen molar-refractivity contribution in [1.29, 1.82) is 0 Å². The van der Waals surface area contributed by atoms with E-state index in [1.807, 2.05) is 38.1 Å². The van der Waals surface area contributed by atoms with Gasteiger partial charge in [0.2, 0.25) is 5.91 Å². The average Bonchev–Trinajstić information content (AvgIpc) is 3.76. The van der Waals surface area contributed by atoms with Crippen LogP contribution in [0.4, 0.5) is 0 Å². The van der Waals surface area contributed by atoms with Gasteiger partial charge in [-0.25, -0.2) is 0 Å². The molecule has 2 aliphatic rings. The van der Waals surface area contributed by atoms with Crippen molar-refractivity contribution in [2.45, 2.75) is 65.0 Å². The molecule has 0 unspecified atom stereocenters. The number of halogens is 4. The van der Waals surface area contributed by atoms with Gasteiger partial charge in [0.15, 0.2) is 17.4 Å². The summed E-state index contributed by atoms with van der Waals surface area (Å²) < 4.78 is 11.7. The van der Waals surface area contributed by atoms with Crippen LogP contribution in [0.3, 0.4) is 0 Å². The van der Waals surface area contributed by atoms with Crippen LogP contribution in [0.2, 0.25) is 20.1 Å². The third-order valence-corrected chi connectivity index (χ3v) is 13.1. The first kappa shape index (κ1) is 54.7. The van der Waals surface area contributed by atoms with Crippen LogP contribution in [0.15, 0.2) is 84.9 Å². The summed E-state index contributed by atoms with van der Waals surface area (Å²) >= 11 is 24.6. The van der Waals surface area contributed by atoms with Gasteiger partial charge < -0.3 is 24.6 Å². The van der Waals surface area contributed by atoms with Crippen LogP contribution < -0.4 is 14.8 Å². The fourth-order valence-electron chi connectivity index (χ4n) is 8.17. The zero-order valence-corrected chi connectivity index (χ0v) is 43.5. The molecule has 1 aromatic heterocycles. The molecular weight excluding hydrogens is 972 g/mol. The van der Waals surface area contributed by atoms with Crippen molar-refractivity contribution in [3.63, 3.8) is 0 Å². The maximum atomic E-state index is 12.8. The molecular formula is C52H65Cl4N9O5. The average molecular weight is 1040 g/mol. The number of piperazine rings is 2. The number of unbranched alkanes of at least 4 members (excludes halogenated alkanes) is 4. The molecule has 7 rings (SSSR count). The Labute approximate surface area is 432 Å². The van der Waals surface area contributed by atoms with Crippen molar-refractivity contribution in [3.05, 3.63) is 133 Å². The molecule has 18 heteroatoms. The minimum atomic E-state index is -0.257. The molecule has 14 nitrogen and oxygen atoms in total. The molecule has 2 saturated heterocycles. The van der Waals surface area contributed by atoms with Gasteiger partial charge in [0.25, 0.3) is 0 Å². The van der Waals surface area contributed by atoms with Gasteiger partial charge in [-0.1, -0.05) is 46.4 Å². The first-order valence-corrected chi connectivity index (χ1v) is 25.7. The van der Waals surface area contributed by atoms with Gasteiger partial charge in [0.1, 0.15) is 11.5 Å². The minimum Gasteiger partial charge on any atom is -0.494 e. The van der Waals surface area contributed by atoms with Crippen LogP contribution in [0.25, 0.3) is 0 Å². The lowest BCUT2D eigenvalue weighted by Crippen LogP contribution is -2.50. The van der Waals surface area contributed by atoms with Crippen molar-refractivity contribution < 1.29 is 23.9 Å². The van der Waals surface area contributed by atoms with Gasteiger partial charge in [-0.05, 0) is 156 Å². The lowest BCUT2D eigenvalue weighted by atomic mass is 10.0. The van der Waals surface area contributed by atoms with E-state index in [9.17, 15) is 14.4 Å². The third kappa shape index (κ3) is 18.2. The van der Waals surface area contributed by atoms with E-state index >= 15 is 0 Å². The molecule has 0 spiro atoms. The van der Waals surface area contributed by atoms with E-state index in [2.05, 4.69) is 40.3 Å². The SMILES string of the molecule is CC(C)NC(=O)CN1CCN(CCCCCOc2cc(Cl)c(C(=O)c3ccc(Cl)cc3)c(Cl)c2)CC1.Cn1nnc(CN2CCN(CCCCCOc3ccc(C(=O)c4ccc(Cl)cc4)cc3)CC2)n1. The number of ether oxygens (including phenoxy) is 2. The van der Waals surface area contributed by atoms with Gasteiger partial charge in [-0.15, -0.1) is 10.2 Å². The normalized spacial score (nSPS) is 14.8. The number of rotatable bonds is 23. The first-order valence-electron chi connectivity index (χ1n) is 24.2. The molecule has 2 aliphatic heterocycles. The maximum absolute atomic E-state index is 12.8. The quantitative estimate of drug-likeness (QED) is 0.0494. The van der Waals surface area contributed by atoms with Crippen LogP contribution in [0.5, 0.6) is 11.5 Å². The Kier molecular flexibility index (Phi) is 22.2. The highest BCUT2D eigenvalue weighted by molar-refractivity contribution is 6.41. The number of aromatic nitrogens is 4. The molecule has 3 heterocycles. The second-order valence-electron chi connectivity index (χ2n) is 17.9. The predicted molar refractivity (Wildman–Crippen MR) is 278 cm³/mol. The number of nitrogens with zero attached hydrogens (tertiary/aromatic N) is 8. The molecule has 70 heavy (non-hydrogen) atoms. The molecule has 0 atom stereocenters. The number of amides is 1. The van der Waals surface area contributed by atoms with Crippen LogP contribution in [0, 0.1) is 0 Å². The lowest BCUT2D eigenvalue weighted by molar-refractivity contribution is -0.123. The van der Waals surface area contributed by atoms with E-state index in [-0.39, 0.29) is 39.1 Å². The number of benzene rings is 4. The molecule has 0 aliphatic carbocycles. The van der Waals surface area contributed by atoms with Crippen molar-refractivity contribution in [3.8, 4) is 11.5 Å². The second-order valence-corrected chi connectivity index (χ2v) is 19.6. The van der Waals surface area contributed by atoms with Crippen LogP contribution in [-0.2, 0) is 18.4 Å². The van der Waals surface area contributed by atoms with E-state index in [0.717, 1.165) is 116 Å². The standard InChI is InChI=1S/C27H34Cl3N3O3.C25H31ClN6O2/c1-19(2)31-25(34)18-33-13-11-32(12-14-33)10-4-3-5-15-36-22-16-23(29)26(24(30)17-22)27(35)20-6-8-21(28)9-7-20;1-30-28-24(27-29-30)19-32-16-14-31(15-17-32)13-3-2-4-18-34-23-11-7-21(8-12-23)25(33)20-5-9-22(26)10-6-20/h6-9,16-17,19H,3-5,10-15,18H2,1-2H3,(H,31,34);5-12H,2-4,13-19H2,1H3. The molecule has 0 radical (unpaired) electrons. The number of aryl methyl sites for hydroxylation is 1. The number of carbonyl (C=O) groups excluding carboxylic acids is 3. The van der Waals surface area contributed by atoms with Gasteiger partial charge in [-0.2, -0.15) is 4.80 Å². The van der Waals surface area contributed by atoms with E-state index in [4.69, 9.17) is 55.9 Å². The summed E-state index contributed by atoms with van der Waals surface area (Å²) in [4.78, 5) is 48.3. The summed E-state index contributed by atoms with van der Waals surface area (Å²) in [6.07, 6.45) is 6.37. The van der Waals surface area contributed by atoms with Gasteiger partial charge in [0.05, 0.1) is 49.0 Å².